The molecular weight excluding hydrogens is 264 g/mol. The molecule has 1 aliphatic carbocycles. The molecule has 1 aromatic heterocycles. The predicted molar refractivity (Wildman–Crippen MR) is 86.4 cm³/mol. The van der Waals surface area contributed by atoms with Crippen molar-refractivity contribution in [1.82, 2.24) is 9.97 Å². The van der Waals surface area contributed by atoms with Crippen molar-refractivity contribution in [3.05, 3.63) is 40.2 Å². The lowest BCUT2D eigenvalue weighted by Crippen LogP contribution is -2.14. The topological polar surface area (TPSA) is 83.8 Å². The molecule has 0 bridgehead atoms. The molecule has 110 valence electrons. The van der Waals surface area contributed by atoms with Gasteiger partial charge in [-0.3, -0.25) is 9.78 Å². The van der Waals surface area contributed by atoms with Crippen molar-refractivity contribution in [2.45, 2.75) is 32.1 Å². The number of H-pyrrole nitrogens is 1. The first-order valence-corrected chi connectivity index (χ1v) is 7.44. The van der Waals surface area contributed by atoms with E-state index in [0.29, 0.717) is 22.5 Å². The third kappa shape index (κ3) is 3.24. The average Bonchev–Trinajstić information content (AvgIpc) is 2.49. The summed E-state index contributed by atoms with van der Waals surface area (Å²) in [7, 11) is 0. The van der Waals surface area contributed by atoms with Crippen LogP contribution in [-0.4, -0.2) is 16.5 Å². The summed E-state index contributed by atoms with van der Waals surface area (Å²) in [6, 6.07) is 5.18. The van der Waals surface area contributed by atoms with Crippen LogP contribution in [0.15, 0.2) is 34.6 Å². The van der Waals surface area contributed by atoms with E-state index in [0.717, 1.165) is 13.0 Å². The Morgan fingerprint density at radius 3 is 3.05 bits per heavy atom. The molecule has 5 nitrogen and oxygen atoms in total. The molecule has 5 heteroatoms. The molecule has 1 aromatic carbocycles. The third-order valence-corrected chi connectivity index (χ3v) is 3.85. The third-order valence-electron chi connectivity index (χ3n) is 3.85. The van der Waals surface area contributed by atoms with Gasteiger partial charge in [0.05, 0.1) is 10.9 Å². The number of aromatic nitrogens is 2. The Labute approximate surface area is 123 Å². The van der Waals surface area contributed by atoms with Crippen LogP contribution in [0.2, 0.25) is 0 Å². The summed E-state index contributed by atoms with van der Waals surface area (Å²) in [5, 5.41) is 3.72. The van der Waals surface area contributed by atoms with Crippen molar-refractivity contribution in [3.8, 4) is 0 Å². The van der Waals surface area contributed by atoms with Crippen LogP contribution < -0.4 is 16.6 Å². The van der Waals surface area contributed by atoms with Crippen LogP contribution in [0.5, 0.6) is 0 Å². The van der Waals surface area contributed by atoms with Gasteiger partial charge < -0.3 is 11.1 Å². The Hall–Kier alpha value is -2.30. The van der Waals surface area contributed by atoms with Crippen LogP contribution in [0.25, 0.3) is 10.9 Å². The quantitative estimate of drug-likeness (QED) is 0.595. The van der Waals surface area contributed by atoms with Gasteiger partial charge in [-0.2, -0.15) is 0 Å². The Morgan fingerprint density at radius 2 is 2.24 bits per heavy atom. The van der Waals surface area contributed by atoms with E-state index in [-0.39, 0.29) is 5.56 Å². The Bertz CT molecular complexity index is 733. The SMILES string of the molecule is Nc1ccc2nc(NCCC3=CCCCC3)[nH]c(=O)c2c1. The predicted octanol–water partition coefficient (Wildman–Crippen LogP) is 2.81. The van der Waals surface area contributed by atoms with Crippen molar-refractivity contribution in [3.63, 3.8) is 0 Å². The molecule has 2 aromatic rings. The van der Waals surface area contributed by atoms with Gasteiger partial charge in [0.25, 0.3) is 5.56 Å². The minimum atomic E-state index is -0.160. The van der Waals surface area contributed by atoms with E-state index in [1.165, 1.54) is 31.3 Å². The van der Waals surface area contributed by atoms with Crippen molar-refractivity contribution in [1.29, 1.82) is 0 Å². The first-order valence-electron chi connectivity index (χ1n) is 7.44. The molecule has 1 aliphatic rings. The largest absolute Gasteiger partial charge is 0.399 e. The van der Waals surface area contributed by atoms with Gasteiger partial charge in [-0.25, -0.2) is 4.98 Å². The second-order valence-corrected chi connectivity index (χ2v) is 5.48. The molecule has 0 spiro atoms. The lowest BCUT2D eigenvalue weighted by Gasteiger charge is -2.13. The highest BCUT2D eigenvalue weighted by Gasteiger charge is 2.06. The van der Waals surface area contributed by atoms with Crippen molar-refractivity contribution in [2.24, 2.45) is 0 Å². The summed E-state index contributed by atoms with van der Waals surface area (Å²) in [6.07, 6.45) is 8.33. The molecule has 0 saturated heterocycles. The number of hydrogen-bond donors (Lipinski definition) is 3. The molecule has 0 unspecified atom stereocenters. The number of aromatic amines is 1. The number of nitrogens with zero attached hydrogens (tertiary/aromatic N) is 1. The maximum Gasteiger partial charge on any atom is 0.260 e. The maximum absolute atomic E-state index is 12.0. The molecule has 21 heavy (non-hydrogen) atoms. The minimum Gasteiger partial charge on any atom is -0.399 e. The second-order valence-electron chi connectivity index (χ2n) is 5.48. The van der Waals surface area contributed by atoms with E-state index in [1.807, 2.05) is 0 Å². The van der Waals surface area contributed by atoms with Crippen LogP contribution in [0.4, 0.5) is 11.6 Å². The van der Waals surface area contributed by atoms with Crippen LogP contribution in [0.1, 0.15) is 32.1 Å². The highest BCUT2D eigenvalue weighted by atomic mass is 16.1. The molecule has 0 saturated carbocycles. The first-order chi connectivity index (χ1) is 10.2. The summed E-state index contributed by atoms with van der Waals surface area (Å²) >= 11 is 0. The molecule has 1 heterocycles. The number of anilines is 2. The molecule has 0 radical (unpaired) electrons. The maximum atomic E-state index is 12.0. The van der Waals surface area contributed by atoms with Gasteiger partial charge in [0.15, 0.2) is 0 Å². The van der Waals surface area contributed by atoms with Crippen LogP contribution >= 0.6 is 0 Å². The fraction of sp³-hybridized carbons (Fsp3) is 0.375. The van der Waals surface area contributed by atoms with E-state index in [9.17, 15) is 4.79 Å². The molecule has 4 N–H and O–H groups in total. The van der Waals surface area contributed by atoms with Crippen LogP contribution in [-0.2, 0) is 0 Å². The highest BCUT2D eigenvalue weighted by Crippen LogP contribution is 2.20. The zero-order valence-corrected chi connectivity index (χ0v) is 12.0. The molecule has 3 rings (SSSR count). The molecule has 0 fully saturated rings. The van der Waals surface area contributed by atoms with Gasteiger partial charge in [-0.15, -0.1) is 0 Å². The number of allylic oxidation sites excluding steroid dienone is 1. The van der Waals surface area contributed by atoms with Gasteiger partial charge in [-0.05, 0) is 50.3 Å². The number of nitrogen functional groups attached to an aromatic ring is 1. The summed E-state index contributed by atoms with van der Waals surface area (Å²) in [5.41, 5.74) is 8.26. The van der Waals surface area contributed by atoms with Gasteiger partial charge in [-0.1, -0.05) is 11.6 Å². The summed E-state index contributed by atoms with van der Waals surface area (Å²) < 4.78 is 0. The zero-order valence-electron chi connectivity index (χ0n) is 12.0. The van der Waals surface area contributed by atoms with Crippen LogP contribution in [0, 0.1) is 0 Å². The fourth-order valence-corrected chi connectivity index (χ4v) is 2.71. The standard InChI is InChI=1S/C16H20N4O/c17-12-6-7-14-13(10-12)15(21)20-16(19-14)18-9-8-11-4-2-1-3-5-11/h4,6-7,10H,1-3,5,8-9,17H2,(H2,18,19,20,21). The number of hydrogen-bond acceptors (Lipinski definition) is 4. The van der Waals surface area contributed by atoms with E-state index < -0.39 is 0 Å². The summed E-state index contributed by atoms with van der Waals surface area (Å²) in [5.74, 6) is 0.522. The number of nitrogens with two attached hydrogens (primary N) is 1. The first kappa shape index (κ1) is 13.7. The minimum absolute atomic E-state index is 0.160. The van der Waals surface area contributed by atoms with Gasteiger partial charge in [0.2, 0.25) is 5.95 Å². The monoisotopic (exact) mass is 284 g/mol. The Kier molecular flexibility index (Phi) is 3.90. The number of fused-ring (bicyclic) bond motifs is 1. The molecule has 0 atom stereocenters. The molecular formula is C16H20N4O. The fourth-order valence-electron chi connectivity index (χ4n) is 2.71. The number of nitrogens with one attached hydrogen (secondary N) is 2. The number of benzene rings is 1. The summed E-state index contributed by atoms with van der Waals surface area (Å²) in [4.78, 5) is 19.2. The summed E-state index contributed by atoms with van der Waals surface area (Å²) in [6.45, 7) is 0.787. The smallest absolute Gasteiger partial charge is 0.260 e. The Balaban J connectivity index is 1.71. The highest BCUT2D eigenvalue weighted by molar-refractivity contribution is 5.81. The van der Waals surface area contributed by atoms with Crippen molar-refractivity contribution in [2.75, 3.05) is 17.6 Å². The van der Waals surface area contributed by atoms with Crippen molar-refractivity contribution < 1.29 is 0 Å². The van der Waals surface area contributed by atoms with Gasteiger partial charge in [0.1, 0.15) is 0 Å². The lowest BCUT2D eigenvalue weighted by molar-refractivity contribution is 0.679. The average molecular weight is 284 g/mol. The van der Waals surface area contributed by atoms with E-state index in [4.69, 9.17) is 5.73 Å². The van der Waals surface area contributed by atoms with E-state index in [1.54, 1.807) is 18.2 Å². The van der Waals surface area contributed by atoms with Gasteiger partial charge in [0, 0.05) is 12.2 Å². The Morgan fingerprint density at radius 1 is 1.33 bits per heavy atom. The van der Waals surface area contributed by atoms with Crippen LogP contribution in [0.3, 0.4) is 0 Å². The normalized spacial score (nSPS) is 15.0. The second kappa shape index (κ2) is 5.99. The van der Waals surface area contributed by atoms with E-state index >= 15 is 0 Å². The van der Waals surface area contributed by atoms with Gasteiger partial charge >= 0.3 is 0 Å². The lowest BCUT2D eigenvalue weighted by atomic mass is 9.97. The van der Waals surface area contributed by atoms with E-state index in [2.05, 4.69) is 21.4 Å². The molecule has 0 aliphatic heterocycles. The molecule has 0 amide bonds. The zero-order chi connectivity index (χ0) is 14.7. The number of rotatable bonds is 4. The van der Waals surface area contributed by atoms with Crippen molar-refractivity contribution >= 4 is 22.5 Å².